The van der Waals surface area contributed by atoms with Crippen LogP contribution in [0.2, 0.25) is 0 Å². The first-order valence-corrected chi connectivity index (χ1v) is 4.68. The van der Waals surface area contributed by atoms with Gasteiger partial charge in [-0.05, 0) is 12.1 Å². The molecule has 14 heavy (non-hydrogen) atoms. The molecule has 0 aliphatic carbocycles. The highest BCUT2D eigenvalue weighted by atomic mass is 32.1. The molecule has 1 aromatic heterocycles. The van der Waals surface area contributed by atoms with E-state index in [4.69, 9.17) is 0 Å². The zero-order valence-corrected chi connectivity index (χ0v) is 7.80. The Labute approximate surface area is 83.2 Å². The molecule has 0 fully saturated rings. The van der Waals surface area contributed by atoms with Crippen molar-refractivity contribution in [1.82, 2.24) is 0 Å². The van der Waals surface area contributed by atoms with Crippen molar-refractivity contribution in [3.05, 3.63) is 39.4 Å². The van der Waals surface area contributed by atoms with Gasteiger partial charge in [0.25, 0.3) is 0 Å². The lowest BCUT2D eigenvalue weighted by molar-refractivity contribution is 0.478. The highest BCUT2D eigenvalue weighted by Gasteiger charge is 2.10. The lowest BCUT2D eigenvalue weighted by Crippen LogP contribution is -2.03. The number of benzene rings is 1. The van der Waals surface area contributed by atoms with E-state index in [9.17, 15) is 14.7 Å². The Hall–Kier alpha value is -1.68. The summed E-state index contributed by atoms with van der Waals surface area (Å²) in [5.41, 5.74) is -0.284. The SMILES string of the molecule is O=[C]c1c(O)c2ccccc2sc1=O. The molecule has 69 valence electrons. The molecule has 1 heterocycles. The number of aromatic hydroxyl groups is 1. The summed E-state index contributed by atoms with van der Waals surface area (Å²) in [6.45, 7) is 0. The van der Waals surface area contributed by atoms with E-state index in [1.807, 2.05) is 0 Å². The maximum atomic E-state index is 11.3. The third-order valence-corrected chi connectivity index (χ3v) is 2.85. The molecule has 0 spiro atoms. The van der Waals surface area contributed by atoms with Crippen LogP contribution in [0, 0.1) is 0 Å². The Morgan fingerprint density at radius 2 is 2.00 bits per heavy atom. The zero-order chi connectivity index (χ0) is 10.1. The molecular weight excluding hydrogens is 200 g/mol. The topological polar surface area (TPSA) is 54.4 Å². The second kappa shape index (κ2) is 3.23. The average molecular weight is 205 g/mol. The molecule has 1 radical (unpaired) electrons. The monoisotopic (exact) mass is 205 g/mol. The second-order valence-electron chi connectivity index (χ2n) is 2.71. The van der Waals surface area contributed by atoms with Crippen LogP contribution in [0.15, 0.2) is 29.1 Å². The summed E-state index contributed by atoms with van der Waals surface area (Å²) >= 11 is 0.929. The molecule has 0 bridgehead atoms. The van der Waals surface area contributed by atoms with Gasteiger partial charge >= 0.3 is 0 Å². The van der Waals surface area contributed by atoms with Crippen molar-refractivity contribution in [3.8, 4) is 5.75 Å². The van der Waals surface area contributed by atoms with Crippen LogP contribution in [-0.4, -0.2) is 11.4 Å². The third kappa shape index (κ3) is 1.20. The summed E-state index contributed by atoms with van der Waals surface area (Å²) in [5.74, 6) is -0.278. The second-order valence-corrected chi connectivity index (χ2v) is 3.73. The van der Waals surface area contributed by atoms with Gasteiger partial charge in [0.2, 0.25) is 11.0 Å². The van der Waals surface area contributed by atoms with Gasteiger partial charge in [-0.2, -0.15) is 0 Å². The summed E-state index contributed by atoms with van der Waals surface area (Å²) in [6.07, 6.45) is 1.45. The molecule has 1 aromatic carbocycles. The first-order valence-electron chi connectivity index (χ1n) is 3.87. The van der Waals surface area contributed by atoms with Gasteiger partial charge in [0.1, 0.15) is 11.3 Å². The maximum absolute atomic E-state index is 11.3. The van der Waals surface area contributed by atoms with E-state index in [-0.39, 0.29) is 11.3 Å². The van der Waals surface area contributed by atoms with E-state index in [1.165, 1.54) is 6.29 Å². The van der Waals surface area contributed by atoms with Crippen LogP contribution in [0.25, 0.3) is 10.1 Å². The van der Waals surface area contributed by atoms with Gasteiger partial charge in [0.15, 0.2) is 0 Å². The molecule has 2 rings (SSSR count). The normalized spacial score (nSPS) is 10.3. The molecule has 0 aliphatic rings. The predicted octanol–water partition coefficient (Wildman–Crippen LogP) is 1.42. The summed E-state index contributed by atoms with van der Waals surface area (Å²) in [4.78, 5) is 21.7. The van der Waals surface area contributed by atoms with Gasteiger partial charge in [-0.15, -0.1) is 0 Å². The fourth-order valence-electron chi connectivity index (χ4n) is 1.22. The van der Waals surface area contributed by atoms with Crippen molar-refractivity contribution in [3.63, 3.8) is 0 Å². The lowest BCUT2D eigenvalue weighted by atomic mass is 10.2. The van der Waals surface area contributed by atoms with Crippen LogP contribution in [0.1, 0.15) is 5.56 Å². The van der Waals surface area contributed by atoms with Crippen LogP contribution < -0.4 is 4.74 Å². The van der Waals surface area contributed by atoms with Crippen molar-refractivity contribution in [1.29, 1.82) is 0 Å². The minimum Gasteiger partial charge on any atom is -0.506 e. The van der Waals surface area contributed by atoms with Crippen LogP contribution in [0.4, 0.5) is 0 Å². The molecule has 1 N–H and O–H groups in total. The minimum atomic E-state index is -0.462. The number of carbonyl (C=O) groups excluding carboxylic acids is 1. The molecule has 0 saturated carbocycles. The fourth-order valence-corrected chi connectivity index (χ4v) is 2.08. The molecular formula is C10H5O3S. The molecule has 0 atom stereocenters. The Balaban J connectivity index is 3.00. The van der Waals surface area contributed by atoms with E-state index in [0.29, 0.717) is 10.1 Å². The number of fused-ring (bicyclic) bond motifs is 1. The summed E-state index contributed by atoms with van der Waals surface area (Å²) < 4.78 is 0.199. The summed E-state index contributed by atoms with van der Waals surface area (Å²) in [6, 6.07) is 6.87. The Bertz CT molecular complexity index is 557. The van der Waals surface area contributed by atoms with Crippen LogP contribution in [0.3, 0.4) is 0 Å². The van der Waals surface area contributed by atoms with Gasteiger partial charge in [-0.1, -0.05) is 23.5 Å². The van der Waals surface area contributed by atoms with Crippen LogP contribution in [-0.2, 0) is 4.79 Å². The largest absolute Gasteiger partial charge is 0.506 e. The Kier molecular flexibility index (Phi) is 2.05. The Morgan fingerprint density at radius 1 is 1.29 bits per heavy atom. The van der Waals surface area contributed by atoms with E-state index in [1.54, 1.807) is 24.3 Å². The van der Waals surface area contributed by atoms with Crippen molar-refractivity contribution in [2.75, 3.05) is 0 Å². The van der Waals surface area contributed by atoms with Crippen molar-refractivity contribution < 1.29 is 9.90 Å². The highest BCUT2D eigenvalue weighted by molar-refractivity contribution is 7.16. The van der Waals surface area contributed by atoms with E-state index >= 15 is 0 Å². The molecule has 0 aliphatic heterocycles. The first kappa shape index (κ1) is 8.90. The maximum Gasteiger partial charge on any atom is 0.248 e. The summed E-state index contributed by atoms with van der Waals surface area (Å²) in [7, 11) is 0. The van der Waals surface area contributed by atoms with E-state index in [0.717, 1.165) is 11.3 Å². The summed E-state index contributed by atoms with van der Waals surface area (Å²) in [5, 5.41) is 10.1. The standard InChI is InChI=1S/C10H5O3S/c11-5-7-9(12)6-3-1-2-4-8(6)14-10(7)13/h1-4,12H. The fraction of sp³-hybridized carbons (Fsp3) is 0. The number of hydrogen-bond donors (Lipinski definition) is 1. The van der Waals surface area contributed by atoms with Crippen LogP contribution >= 0.6 is 11.3 Å². The number of rotatable bonds is 1. The van der Waals surface area contributed by atoms with Gasteiger partial charge in [0.05, 0.1) is 0 Å². The predicted molar refractivity (Wildman–Crippen MR) is 54.6 cm³/mol. The third-order valence-electron chi connectivity index (χ3n) is 1.89. The van der Waals surface area contributed by atoms with Crippen molar-refractivity contribution in [2.24, 2.45) is 0 Å². The molecule has 3 nitrogen and oxygen atoms in total. The number of hydrogen-bond acceptors (Lipinski definition) is 4. The minimum absolute atomic E-state index is 0.278. The van der Waals surface area contributed by atoms with Crippen LogP contribution in [0.5, 0.6) is 5.75 Å². The molecule has 0 saturated heterocycles. The zero-order valence-electron chi connectivity index (χ0n) is 6.98. The average Bonchev–Trinajstić information content (AvgIpc) is 2.18. The van der Waals surface area contributed by atoms with Crippen molar-refractivity contribution >= 4 is 27.7 Å². The molecule has 0 amide bonds. The molecule has 0 unspecified atom stereocenters. The van der Waals surface area contributed by atoms with Gasteiger partial charge in [-0.3, -0.25) is 9.59 Å². The van der Waals surface area contributed by atoms with E-state index < -0.39 is 4.74 Å². The first-order chi connectivity index (χ1) is 6.74. The molecule has 4 heteroatoms. The van der Waals surface area contributed by atoms with E-state index in [2.05, 4.69) is 0 Å². The van der Waals surface area contributed by atoms with Gasteiger partial charge < -0.3 is 5.11 Å². The van der Waals surface area contributed by atoms with Crippen molar-refractivity contribution in [2.45, 2.75) is 0 Å². The lowest BCUT2D eigenvalue weighted by Gasteiger charge is -1.99. The smallest absolute Gasteiger partial charge is 0.248 e. The quantitative estimate of drug-likeness (QED) is 0.766. The van der Waals surface area contributed by atoms with Gasteiger partial charge in [-0.25, -0.2) is 0 Å². The highest BCUT2D eigenvalue weighted by Crippen LogP contribution is 2.27. The Morgan fingerprint density at radius 3 is 2.71 bits per heavy atom. The van der Waals surface area contributed by atoms with Gasteiger partial charge in [0, 0.05) is 10.1 Å². The molecule has 2 aromatic rings.